The highest BCUT2D eigenvalue weighted by Crippen LogP contribution is 2.19. The molecule has 0 N–H and O–H groups in total. The molecule has 6 nitrogen and oxygen atoms in total. The summed E-state index contributed by atoms with van der Waals surface area (Å²) in [5.74, 6) is -1.17. The molecule has 0 heterocycles. The third-order valence-corrected chi connectivity index (χ3v) is 3.74. The highest BCUT2D eigenvalue weighted by Gasteiger charge is 2.16. The van der Waals surface area contributed by atoms with E-state index >= 15 is 0 Å². The molecule has 0 radical (unpaired) electrons. The van der Waals surface area contributed by atoms with E-state index in [1.165, 1.54) is 24.1 Å². The van der Waals surface area contributed by atoms with Crippen molar-refractivity contribution in [1.82, 2.24) is 4.90 Å². The van der Waals surface area contributed by atoms with Crippen LogP contribution in [0, 0.1) is 5.82 Å². The van der Waals surface area contributed by atoms with Crippen LogP contribution in [-0.4, -0.2) is 44.7 Å². The molecule has 0 saturated carbocycles. The first-order valence-corrected chi connectivity index (χ1v) is 7.82. The maximum atomic E-state index is 13.6. The van der Waals surface area contributed by atoms with Crippen molar-refractivity contribution in [2.45, 2.75) is 6.54 Å². The SMILES string of the molecule is COc1ccc(C(=O)OCC(=O)N(C)Cc2ccccc2OC)cc1F. The number of ether oxygens (including phenoxy) is 3. The molecule has 26 heavy (non-hydrogen) atoms. The highest BCUT2D eigenvalue weighted by atomic mass is 19.1. The van der Waals surface area contributed by atoms with Gasteiger partial charge in [-0.2, -0.15) is 0 Å². The summed E-state index contributed by atoms with van der Waals surface area (Å²) in [6, 6.07) is 11.0. The van der Waals surface area contributed by atoms with Gasteiger partial charge in [-0.15, -0.1) is 0 Å². The number of rotatable bonds is 7. The van der Waals surface area contributed by atoms with Crippen LogP contribution < -0.4 is 9.47 Å². The Morgan fingerprint density at radius 2 is 1.73 bits per heavy atom. The molecule has 1 amide bonds. The molecular formula is C19H20FNO5. The third kappa shape index (κ3) is 4.72. The van der Waals surface area contributed by atoms with Crippen molar-refractivity contribution in [3.05, 3.63) is 59.4 Å². The Hall–Kier alpha value is -3.09. The second-order valence-electron chi connectivity index (χ2n) is 5.49. The maximum absolute atomic E-state index is 13.6. The van der Waals surface area contributed by atoms with Crippen LogP contribution in [0.1, 0.15) is 15.9 Å². The summed E-state index contributed by atoms with van der Waals surface area (Å²) in [6.45, 7) is -0.143. The molecule has 0 bridgehead atoms. The molecule has 2 rings (SSSR count). The number of carbonyl (C=O) groups is 2. The summed E-state index contributed by atoms with van der Waals surface area (Å²) in [4.78, 5) is 25.5. The molecule has 7 heteroatoms. The van der Waals surface area contributed by atoms with Crippen molar-refractivity contribution in [2.75, 3.05) is 27.9 Å². The van der Waals surface area contributed by atoms with Crippen molar-refractivity contribution in [1.29, 1.82) is 0 Å². The van der Waals surface area contributed by atoms with E-state index in [9.17, 15) is 14.0 Å². The lowest BCUT2D eigenvalue weighted by Crippen LogP contribution is -2.31. The van der Waals surface area contributed by atoms with E-state index in [2.05, 4.69) is 0 Å². The van der Waals surface area contributed by atoms with Crippen molar-refractivity contribution in [2.24, 2.45) is 0 Å². The molecule has 0 unspecified atom stereocenters. The number of halogens is 1. The first kappa shape index (κ1) is 19.2. The van der Waals surface area contributed by atoms with Crippen LogP contribution in [0.5, 0.6) is 11.5 Å². The van der Waals surface area contributed by atoms with Gasteiger partial charge in [-0.3, -0.25) is 4.79 Å². The van der Waals surface area contributed by atoms with E-state index < -0.39 is 24.3 Å². The van der Waals surface area contributed by atoms with Crippen LogP contribution in [0.3, 0.4) is 0 Å². The monoisotopic (exact) mass is 361 g/mol. The minimum absolute atomic E-state index is 0.00322. The van der Waals surface area contributed by atoms with E-state index in [4.69, 9.17) is 14.2 Å². The molecule has 0 aliphatic rings. The molecule has 138 valence electrons. The lowest BCUT2D eigenvalue weighted by molar-refractivity contribution is -0.133. The number of hydrogen-bond donors (Lipinski definition) is 0. The van der Waals surface area contributed by atoms with Gasteiger partial charge in [0.25, 0.3) is 5.91 Å². The van der Waals surface area contributed by atoms with Gasteiger partial charge in [0, 0.05) is 19.2 Å². The number of carbonyl (C=O) groups excluding carboxylic acids is 2. The zero-order valence-electron chi connectivity index (χ0n) is 14.8. The van der Waals surface area contributed by atoms with Crippen LogP contribution in [0.2, 0.25) is 0 Å². The molecule has 0 spiro atoms. The Kier molecular flexibility index (Phi) is 6.54. The lowest BCUT2D eigenvalue weighted by Gasteiger charge is -2.18. The van der Waals surface area contributed by atoms with Gasteiger partial charge in [0.2, 0.25) is 0 Å². The number of likely N-dealkylation sites (N-methyl/N-ethyl adjacent to an activating group) is 1. The number of nitrogens with zero attached hydrogens (tertiary/aromatic N) is 1. The zero-order chi connectivity index (χ0) is 19.1. The molecule has 2 aromatic rings. The number of amides is 1. The van der Waals surface area contributed by atoms with Gasteiger partial charge in [0.1, 0.15) is 5.75 Å². The summed E-state index contributed by atoms with van der Waals surface area (Å²) < 4.78 is 28.6. The van der Waals surface area contributed by atoms with Crippen LogP contribution in [0.25, 0.3) is 0 Å². The summed E-state index contributed by atoms with van der Waals surface area (Å²) in [6.07, 6.45) is 0. The van der Waals surface area contributed by atoms with Crippen LogP contribution in [-0.2, 0) is 16.1 Å². The molecule has 0 aliphatic carbocycles. The predicted molar refractivity (Wildman–Crippen MR) is 92.7 cm³/mol. The molecule has 0 aliphatic heterocycles. The summed E-state index contributed by atoms with van der Waals surface area (Å²) in [7, 11) is 4.47. The Morgan fingerprint density at radius 1 is 1.04 bits per heavy atom. The fraction of sp³-hybridized carbons (Fsp3) is 0.263. The highest BCUT2D eigenvalue weighted by molar-refractivity contribution is 5.91. The Balaban J connectivity index is 1.93. The van der Waals surface area contributed by atoms with E-state index in [0.29, 0.717) is 12.3 Å². The van der Waals surface area contributed by atoms with Gasteiger partial charge < -0.3 is 19.1 Å². The number of para-hydroxylation sites is 1. The summed E-state index contributed by atoms with van der Waals surface area (Å²) >= 11 is 0. The van der Waals surface area contributed by atoms with Gasteiger partial charge in [-0.05, 0) is 24.3 Å². The first-order valence-electron chi connectivity index (χ1n) is 7.82. The van der Waals surface area contributed by atoms with Gasteiger partial charge in [0.15, 0.2) is 18.2 Å². The van der Waals surface area contributed by atoms with Gasteiger partial charge in [-0.25, -0.2) is 9.18 Å². The summed E-state index contributed by atoms with van der Waals surface area (Å²) in [5, 5.41) is 0. The minimum atomic E-state index is -0.786. The Bertz CT molecular complexity index is 793. The maximum Gasteiger partial charge on any atom is 0.338 e. The fourth-order valence-electron chi connectivity index (χ4n) is 2.29. The topological polar surface area (TPSA) is 65.1 Å². The van der Waals surface area contributed by atoms with E-state index in [-0.39, 0.29) is 11.3 Å². The standard InChI is InChI=1S/C19H20FNO5/c1-21(11-14-6-4-5-7-16(14)24-2)18(22)12-26-19(23)13-8-9-17(25-3)15(20)10-13/h4-10H,11-12H2,1-3H3. The van der Waals surface area contributed by atoms with Gasteiger partial charge in [0.05, 0.1) is 19.8 Å². The predicted octanol–water partition coefficient (Wildman–Crippen LogP) is 2.66. The van der Waals surface area contributed by atoms with Crippen LogP contribution in [0.15, 0.2) is 42.5 Å². The minimum Gasteiger partial charge on any atom is -0.496 e. The van der Waals surface area contributed by atoms with Gasteiger partial charge >= 0.3 is 5.97 Å². The lowest BCUT2D eigenvalue weighted by atomic mass is 10.2. The zero-order valence-corrected chi connectivity index (χ0v) is 14.8. The second-order valence-corrected chi connectivity index (χ2v) is 5.49. The van der Waals surface area contributed by atoms with Crippen LogP contribution >= 0.6 is 0 Å². The molecule has 0 aromatic heterocycles. The average molecular weight is 361 g/mol. The quantitative estimate of drug-likeness (QED) is 0.710. The Labute approximate surface area is 151 Å². The Morgan fingerprint density at radius 3 is 2.38 bits per heavy atom. The molecule has 0 fully saturated rings. The largest absolute Gasteiger partial charge is 0.496 e. The van der Waals surface area contributed by atoms with Crippen molar-refractivity contribution < 1.29 is 28.2 Å². The first-order chi connectivity index (χ1) is 12.5. The number of benzene rings is 2. The number of hydrogen-bond acceptors (Lipinski definition) is 5. The molecule has 0 saturated heterocycles. The molecule has 0 atom stereocenters. The normalized spacial score (nSPS) is 10.2. The van der Waals surface area contributed by atoms with Crippen molar-refractivity contribution in [3.63, 3.8) is 0 Å². The van der Waals surface area contributed by atoms with Crippen molar-refractivity contribution >= 4 is 11.9 Å². The smallest absolute Gasteiger partial charge is 0.338 e. The average Bonchev–Trinajstić information content (AvgIpc) is 2.66. The van der Waals surface area contributed by atoms with E-state index in [1.54, 1.807) is 20.2 Å². The van der Waals surface area contributed by atoms with Crippen LogP contribution in [0.4, 0.5) is 4.39 Å². The molecular weight excluding hydrogens is 341 g/mol. The van der Waals surface area contributed by atoms with Gasteiger partial charge in [-0.1, -0.05) is 18.2 Å². The molecule has 2 aromatic carbocycles. The number of methoxy groups -OCH3 is 2. The third-order valence-electron chi connectivity index (χ3n) is 3.74. The second kappa shape index (κ2) is 8.84. The number of esters is 1. The van der Waals surface area contributed by atoms with E-state index in [0.717, 1.165) is 11.6 Å². The van der Waals surface area contributed by atoms with Crippen molar-refractivity contribution in [3.8, 4) is 11.5 Å². The van der Waals surface area contributed by atoms with E-state index in [1.807, 2.05) is 18.2 Å². The summed E-state index contributed by atoms with van der Waals surface area (Å²) in [5.41, 5.74) is 0.831. The fourth-order valence-corrected chi connectivity index (χ4v) is 2.29.